The smallest absolute Gasteiger partial charge is 0.226 e. The Bertz CT molecular complexity index is 474. The van der Waals surface area contributed by atoms with Crippen LogP contribution in [0, 0.1) is 0 Å². The molecule has 0 aliphatic carbocycles. The third-order valence-electron chi connectivity index (χ3n) is 3.70. The van der Waals surface area contributed by atoms with Crippen LogP contribution in [0.25, 0.3) is 0 Å². The van der Waals surface area contributed by atoms with Gasteiger partial charge in [0.15, 0.2) is 11.5 Å². The number of rotatable bonds is 4. The van der Waals surface area contributed by atoms with Gasteiger partial charge < -0.3 is 20.1 Å². The molecule has 1 aliphatic heterocycles. The van der Waals surface area contributed by atoms with Crippen LogP contribution < -0.4 is 15.2 Å². The molecule has 2 rings (SSSR count). The van der Waals surface area contributed by atoms with E-state index in [2.05, 4.69) is 0 Å². The molecule has 1 aromatic carbocycles. The summed E-state index contributed by atoms with van der Waals surface area (Å²) < 4.78 is 10.4. The van der Waals surface area contributed by atoms with Gasteiger partial charge in [0.2, 0.25) is 5.91 Å². The van der Waals surface area contributed by atoms with E-state index in [1.807, 2.05) is 23.1 Å². The second-order valence-electron chi connectivity index (χ2n) is 5.08. The van der Waals surface area contributed by atoms with Crippen LogP contribution in [-0.4, -0.2) is 44.2 Å². The summed E-state index contributed by atoms with van der Waals surface area (Å²) in [6, 6.07) is 5.81. The Balaban J connectivity index is 0.00000220. The molecule has 1 aromatic rings. The molecule has 0 aromatic heterocycles. The molecule has 0 unspecified atom stereocenters. The van der Waals surface area contributed by atoms with Crippen molar-refractivity contribution in [1.29, 1.82) is 0 Å². The van der Waals surface area contributed by atoms with Crippen LogP contribution in [-0.2, 0) is 11.2 Å². The number of carbonyl (C=O) groups is 1. The van der Waals surface area contributed by atoms with Crippen molar-refractivity contribution in [2.75, 3.05) is 27.3 Å². The molecule has 0 bridgehead atoms. The molecule has 118 valence electrons. The third-order valence-corrected chi connectivity index (χ3v) is 3.70. The summed E-state index contributed by atoms with van der Waals surface area (Å²) in [6.07, 6.45) is 2.16. The number of methoxy groups -OCH3 is 2. The molecular formula is C15H23ClN2O3. The van der Waals surface area contributed by atoms with E-state index < -0.39 is 0 Å². The zero-order chi connectivity index (χ0) is 14.5. The Labute approximate surface area is 131 Å². The quantitative estimate of drug-likeness (QED) is 0.917. The first-order valence-corrected chi connectivity index (χ1v) is 6.88. The normalized spacial score (nSPS) is 15.3. The average Bonchev–Trinajstić information content (AvgIpc) is 2.47. The van der Waals surface area contributed by atoms with Crippen molar-refractivity contribution < 1.29 is 14.3 Å². The first kappa shape index (κ1) is 17.6. The van der Waals surface area contributed by atoms with Gasteiger partial charge in [0.05, 0.1) is 20.6 Å². The van der Waals surface area contributed by atoms with Crippen LogP contribution in [0.5, 0.6) is 11.5 Å². The van der Waals surface area contributed by atoms with Crippen molar-refractivity contribution in [3.8, 4) is 11.5 Å². The molecule has 5 nitrogen and oxygen atoms in total. The van der Waals surface area contributed by atoms with E-state index in [9.17, 15) is 4.79 Å². The number of hydrogen-bond donors (Lipinski definition) is 1. The lowest BCUT2D eigenvalue weighted by Gasteiger charge is -2.30. The first-order chi connectivity index (χ1) is 9.63. The van der Waals surface area contributed by atoms with Crippen molar-refractivity contribution in [3.05, 3.63) is 23.8 Å². The second-order valence-corrected chi connectivity index (χ2v) is 5.08. The van der Waals surface area contributed by atoms with E-state index in [1.54, 1.807) is 14.2 Å². The average molecular weight is 315 g/mol. The highest BCUT2D eigenvalue weighted by Crippen LogP contribution is 2.28. The molecule has 0 radical (unpaired) electrons. The third kappa shape index (κ3) is 4.51. The lowest BCUT2D eigenvalue weighted by molar-refractivity contribution is -0.131. The summed E-state index contributed by atoms with van der Waals surface area (Å²) in [7, 11) is 3.19. The number of benzene rings is 1. The van der Waals surface area contributed by atoms with Crippen molar-refractivity contribution in [3.63, 3.8) is 0 Å². The fourth-order valence-corrected chi connectivity index (χ4v) is 2.43. The Morgan fingerprint density at radius 3 is 2.43 bits per heavy atom. The van der Waals surface area contributed by atoms with Gasteiger partial charge in [-0.1, -0.05) is 6.07 Å². The molecule has 6 heteroatoms. The molecule has 21 heavy (non-hydrogen) atoms. The summed E-state index contributed by atoms with van der Waals surface area (Å²) in [5.41, 5.74) is 6.78. The van der Waals surface area contributed by atoms with E-state index in [0.29, 0.717) is 17.9 Å². The Morgan fingerprint density at radius 2 is 1.86 bits per heavy atom. The minimum atomic E-state index is 0. The number of amides is 1. The maximum atomic E-state index is 12.2. The number of piperidine rings is 1. The Morgan fingerprint density at radius 1 is 1.24 bits per heavy atom. The lowest BCUT2D eigenvalue weighted by Crippen LogP contribution is -2.43. The van der Waals surface area contributed by atoms with Gasteiger partial charge in [-0.25, -0.2) is 0 Å². The minimum absolute atomic E-state index is 0. The summed E-state index contributed by atoms with van der Waals surface area (Å²) >= 11 is 0. The van der Waals surface area contributed by atoms with Crippen molar-refractivity contribution in [2.45, 2.75) is 25.3 Å². The second kappa shape index (κ2) is 8.10. The number of hydrogen-bond acceptors (Lipinski definition) is 4. The highest BCUT2D eigenvalue weighted by atomic mass is 35.5. The molecule has 2 N–H and O–H groups in total. The van der Waals surface area contributed by atoms with Crippen LogP contribution >= 0.6 is 12.4 Å². The highest BCUT2D eigenvalue weighted by molar-refractivity contribution is 5.85. The largest absolute Gasteiger partial charge is 0.493 e. The number of nitrogens with zero attached hydrogens (tertiary/aromatic N) is 1. The van der Waals surface area contributed by atoms with Crippen LogP contribution in [0.4, 0.5) is 0 Å². The SMILES string of the molecule is COc1ccc(CC(=O)N2CCC(N)CC2)cc1OC.Cl. The van der Waals surface area contributed by atoms with Gasteiger partial charge in [0, 0.05) is 19.1 Å². The molecule has 1 saturated heterocycles. The van der Waals surface area contributed by atoms with E-state index in [4.69, 9.17) is 15.2 Å². The summed E-state index contributed by atoms with van der Waals surface area (Å²) in [4.78, 5) is 14.1. The molecule has 1 fully saturated rings. The van der Waals surface area contributed by atoms with Crippen molar-refractivity contribution >= 4 is 18.3 Å². The number of carbonyl (C=O) groups excluding carboxylic acids is 1. The van der Waals surface area contributed by atoms with Gasteiger partial charge in [-0.05, 0) is 30.5 Å². The van der Waals surface area contributed by atoms with E-state index in [-0.39, 0.29) is 24.4 Å². The van der Waals surface area contributed by atoms with Gasteiger partial charge in [-0.15, -0.1) is 12.4 Å². The molecule has 1 aliphatic rings. The summed E-state index contributed by atoms with van der Waals surface area (Å²) in [5, 5.41) is 0. The number of halogens is 1. The van der Waals surface area contributed by atoms with Crippen LogP contribution in [0.1, 0.15) is 18.4 Å². The maximum Gasteiger partial charge on any atom is 0.226 e. The number of ether oxygens (including phenoxy) is 2. The Kier molecular flexibility index (Phi) is 6.78. The molecule has 1 amide bonds. The molecular weight excluding hydrogens is 292 g/mol. The van der Waals surface area contributed by atoms with Crippen LogP contribution in [0.15, 0.2) is 18.2 Å². The highest BCUT2D eigenvalue weighted by Gasteiger charge is 2.20. The minimum Gasteiger partial charge on any atom is -0.493 e. The maximum absolute atomic E-state index is 12.2. The van der Waals surface area contributed by atoms with Crippen LogP contribution in [0.2, 0.25) is 0 Å². The van der Waals surface area contributed by atoms with Gasteiger partial charge in [-0.3, -0.25) is 4.79 Å². The van der Waals surface area contributed by atoms with Crippen LogP contribution in [0.3, 0.4) is 0 Å². The molecule has 1 heterocycles. The zero-order valence-corrected chi connectivity index (χ0v) is 13.3. The van der Waals surface area contributed by atoms with Gasteiger partial charge in [0.1, 0.15) is 0 Å². The number of nitrogens with two attached hydrogens (primary N) is 1. The number of likely N-dealkylation sites (tertiary alicyclic amines) is 1. The monoisotopic (exact) mass is 314 g/mol. The van der Waals surface area contributed by atoms with E-state index >= 15 is 0 Å². The standard InChI is InChI=1S/C15H22N2O3.ClH/c1-19-13-4-3-11(9-14(13)20-2)10-15(18)17-7-5-12(16)6-8-17;/h3-4,9,12H,5-8,10,16H2,1-2H3;1H. The fraction of sp³-hybridized carbons (Fsp3) is 0.533. The predicted molar refractivity (Wildman–Crippen MR) is 84.3 cm³/mol. The van der Waals surface area contributed by atoms with E-state index in [1.165, 1.54) is 0 Å². The summed E-state index contributed by atoms with van der Waals surface area (Å²) in [5.74, 6) is 1.47. The first-order valence-electron chi connectivity index (χ1n) is 6.88. The molecule has 0 saturated carbocycles. The van der Waals surface area contributed by atoms with Gasteiger partial charge in [-0.2, -0.15) is 0 Å². The topological polar surface area (TPSA) is 64.8 Å². The van der Waals surface area contributed by atoms with Crippen molar-refractivity contribution in [1.82, 2.24) is 4.90 Å². The van der Waals surface area contributed by atoms with Crippen molar-refractivity contribution in [2.24, 2.45) is 5.73 Å². The van der Waals surface area contributed by atoms with E-state index in [0.717, 1.165) is 31.5 Å². The van der Waals surface area contributed by atoms with Gasteiger partial charge in [0.25, 0.3) is 0 Å². The molecule has 0 atom stereocenters. The Hall–Kier alpha value is -1.46. The fourth-order valence-electron chi connectivity index (χ4n) is 2.43. The zero-order valence-electron chi connectivity index (χ0n) is 12.5. The predicted octanol–water partition coefficient (Wildman–Crippen LogP) is 1.62. The summed E-state index contributed by atoms with van der Waals surface area (Å²) in [6.45, 7) is 1.51. The molecule has 0 spiro atoms. The van der Waals surface area contributed by atoms with Gasteiger partial charge >= 0.3 is 0 Å². The lowest BCUT2D eigenvalue weighted by atomic mass is 10.0.